The molecule has 0 bridgehead atoms. The molecule has 0 spiro atoms. The van der Waals surface area contributed by atoms with E-state index in [1.54, 1.807) is 31.2 Å². The van der Waals surface area contributed by atoms with Crippen molar-refractivity contribution in [3.63, 3.8) is 0 Å². The zero-order valence-corrected chi connectivity index (χ0v) is 20.4. The summed E-state index contributed by atoms with van der Waals surface area (Å²) in [5.41, 5.74) is -1.34. The van der Waals surface area contributed by atoms with Crippen molar-refractivity contribution in [1.29, 1.82) is 0 Å². The van der Waals surface area contributed by atoms with E-state index in [-0.39, 0.29) is 46.1 Å². The quantitative estimate of drug-likeness (QED) is 0.238. The van der Waals surface area contributed by atoms with Gasteiger partial charge in [0.15, 0.2) is 17.3 Å². The van der Waals surface area contributed by atoms with Crippen LogP contribution in [0.1, 0.15) is 42.3 Å². The smallest absolute Gasteiger partial charge is 0.194 e. The zero-order valence-electron chi connectivity index (χ0n) is 19.6. The third kappa shape index (κ3) is 3.83. The number of hydrogen-bond acceptors (Lipinski definition) is 8. The summed E-state index contributed by atoms with van der Waals surface area (Å²) in [6.07, 6.45) is 1.18. The van der Waals surface area contributed by atoms with Crippen LogP contribution in [0.3, 0.4) is 0 Å². The summed E-state index contributed by atoms with van der Waals surface area (Å²) in [7, 11) is 0. The molecule has 8 nitrogen and oxygen atoms in total. The number of carbonyl (C=O) groups is 3. The fourth-order valence-electron chi connectivity index (χ4n) is 4.39. The number of rotatable bonds is 6. The summed E-state index contributed by atoms with van der Waals surface area (Å²) in [6.45, 7) is 6.38. The van der Waals surface area contributed by atoms with Crippen molar-refractivity contribution in [3.8, 4) is 23.0 Å². The fourth-order valence-corrected chi connectivity index (χ4v) is 4.52. The first kappa shape index (κ1) is 24.3. The second-order valence-corrected chi connectivity index (χ2v) is 9.05. The van der Waals surface area contributed by atoms with E-state index in [4.69, 9.17) is 21.1 Å². The van der Waals surface area contributed by atoms with Crippen molar-refractivity contribution in [3.05, 3.63) is 69.1 Å². The number of allylic oxidation sites excluding steroid dienone is 4. The third-order valence-corrected chi connectivity index (χ3v) is 6.59. The monoisotopic (exact) mass is 497 g/mol. The molecule has 35 heavy (non-hydrogen) atoms. The van der Waals surface area contributed by atoms with Gasteiger partial charge in [0.1, 0.15) is 46.3 Å². The SMILES string of the molecule is CC(=O)c1c(O)c(C)c(O)c2c1OC1=CC(=O)/C(=C(/C)NCCOc3ccc(Cl)cc3)C(=O)[C@@]12C. The van der Waals surface area contributed by atoms with Crippen LogP contribution in [0.2, 0.25) is 5.02 Å². The van der Waals surface area contributed by atoms with E-state index in [0.29, 0.717) is 23.0 Å². The molecule has 0 aromatic heterocycles. The van der Waals surface area contributed by atoms with Crippen molar-refractivity contribution in [2.75, 3.05) is 13.2 Å². The summed E-state index contributed by atoms with van der Waals surface area (Å²) >= 11 is 5.86. The largest absolute Gasteiger partial charge is 0.507 e. The maximum Gasteiger partial charge on any atom is 0.194 e. The van der Waals surface area contributed by atoms with Crippen LogP contribution in [0.4, 0.5) is 0 Å². The maximum atomic E-state index is 13.7. The van der Waals surface area contributed by atoms with Crippen LogP contribution >= 0.6 is 11.6 Å². The summed E-state index contributed by atoms with van der Waals surface area (Å²) in [5, 5.41) is 24.9. The minimum Gasteiger partial charge on any atom is -0.507 e. The lowest BCUT2D eigenvalue weighted by atomic mass is 9.70. The van der Waals surface area contributed by atoms with Gasteiger partial charge in [-0.15, -0.1) is 0 Å². The number of aromatic hydroxyl groups is 2. The molecule has 1 atom stereocenters. The number of phenolic OH excluding ortho intramolecular Hbond substituents is 2. The van der Waals surface area contributed by atoms with E-state index in [0.717, 1.165) is 0 Å². The predicted molar refractivity (Wildman–Crippen MR) is 128 cm³/mol. The first-order valence-corrected chi connectivity index (χ1v) is 11.3. The molecule has 0 saturated heterocycles. The van der Waals surface area contributed by atoms with Gasteiger partial charge in [-0.1, -0.05) is 11.6 Å². The van der Waals surface area contributed by atoms with Crippen LogP contribution in [0, 0.1) is 6.92 Å². The number of halogens is 1. The van der Waals surface area contributed by atoms with Crippen molar-refractivity contribution in [1.82, 2.24) is 5.32 Å². The van der Waals surface area contributed by atoms with Crippen LogP contribution in [0.5, 0.6) is 23.0 Å². The molecule has 1 aliphatic carbocycles. The predicted octanol–water partition coefficient (Wildman–Crippen LogP) is 3.89. The molecule has 1 heterocycles. The van der Waals surface area contributed by atoms with E-state index in [1.165, 1.54) is 26.8 Å². The van der Waals surface area contributed by atoms with E-state index < -0.39 is 28.5 Å². The molecular weight excluding hydrogens is 474 g/mol. The number of benzene rings is 2. The van der Waals surface area contributed by atoms with E-state index >= 15 is 0 Å². The van der Waals surface area contributed by atoms with Gasteiger partial charge in [0.2, 0.25) is 0 Å². The Morgan fingerprint density at radius 1 is 1.14 bits per heavy atom. The Labute approximate surface area is 206 Å². The molecule has 9 heteroatoms. The lowest BCUT2D eigenvalue weighted by Gasteiger charge is -2.29. The average Bonchev–Trinajstić information content (AvgIpc) is 3.09. The first-order valence-electron chi connectivity index (χ1n) is 10.9. The first-order chi connectivity index (χ1) is 16.5. The van der Waals surface area contributed by atoms with E-state index in [2.05, 4.69) is 5.32 Å². The molecule has 3 N–H and O–H groups in total. The molecule has 0 unspecified atom stereocenters. The van der Waals surface area contributed by atoms with Crippen molar-refractivity contribution < 1.29 is 34.1 Å². The summed E-state index contributed by atoms with van der Waals surface area (Å²) in [5.74, 6) is -1.94. The Hall–Kier alpha value is -3.78. The van der Waals surface area contributed by atoms with Gasteiger partial charge in [0.25, 0.3) is 0 Å². The maximum absolute atomic E-state index is 13.7. The second kappa shape index (κ2) is 8.78. The molecule has 2 aromatic rings. The summed E-state index contributed by atoms with van der Waals surface area (Å²) in [6, 6.07) is 6.87. The number of fused-ring (bicyclic) bond motifs is 3. The Balaban J connectivity index is 1.66. The number of Topliss-reactive ketones (excluding diaryl/α,β-unsaturated/α-hetero) is 2. The minimum atomic E-state index is -1.55. The molecule has 4 rings (SSSR count). The molecule has 0 saturated carbocycles. The molecular formula is C26H24ClNO7. The van der Waals surface area contributed by atoms with Gasteiger partial charge in [0.05, 0.1) is 11.1 Å². The van der Waals surface area contributed by atoms with Crippen molar-refractivity contribution in [2.45, 2.75) is 33.1 Å². The van der Waals surface area contributed by atoms with Gasteiger partial charge in [-0.2, -0.15) is 0 Å². The number of phenols is 2. The van der Waals surface area contributed by atoms with Crippen molar-refractivity contribution in [2.24, 2.45) is 0 Å². The standard InChI is InChI=1S/C26H24ClNO7/c1-12-22(31)20(14(3)29)24-21(23(12)32)26(4)18(35-24)11-17(30)19(25(26)33)13(2)28-9-10-34-16-7-5-15(27)6-8-16/h5-8,11,28,31-32H,9-10H2,1-4H3/b19-13+/t26-/m0/s1. The zero-order chi connectivity index (χ0) is 25.7. The van der Waals surface area contributed by atoms with E-state index in [1.807, 2.05) is 0 Å². The van der Waals surface area contributed by atoms with Gasteiger partial charge in [-0.25, -0.2) is 0 Å². The van der Waals surface area contributed by atoms with Gasteiger partial charge in [-0.05, 0) is 52.0 Å². The highest BCUT2D eigenvalue weighted by Gasteiger charge is 2.56. The van der Waals surface area contributed by atoms with Crippen LogP contribution in [-0.2, 0) is 15.0 Å². The van der Waals surface area contributed by atoms with Crippen molar-refractivity contribution >= 4 is 29.0 Å². The average molecular weight is 498 g/mol. The molecule has 2 aromatic carbocycles. The second-order valence-electron chi connectivity index (χ2n) is 8.62. The molecule has 0 radical (unpaired) electrons. The number of carbonyl (C=O) groups excluding carboxylic acids is 3. The number of ether oxygens (including phenoxy) is 2. The highest BCUT2D eigenvalue weighted by molar-refractivity contribution is 6.31. The molecule has 0 fully saturated rings. The molecule has 182 valence electrons. The molecule has 1 aliphatic heterocycles. The Morgan fingerprint density at radius 2 is 1.80 bits per heavy atom. The Morgan fingerprint density at radius 3 is 2.43 bits per heavy atom. The highest BCUT2D eigenvalue weighted by Crippen LogP contribution is 2.57. The summed E-state index contributed by atoms with van der Waals surface area (Å²) in [4.78, 5) is 38.9. The highest BCUT2D eigenvalue weighted by atomic mass is 35.5. The Bertz CT molecular complexity index is 1340. The molecule has 0 amide bonds. The minimum absolute atomic E-state index is 0.00655. The molecule has 2 aliphatic rings. The van der Waals surface area contributed by atoms with Crippen LogP contribution in [0.15, 0.2) is 47.4 Å². The summed E-state index contributed by atoms with van der Waals surface area (Å²) < 4.78 is 11.4. The van der Waals surface area contributed by atoms with Gasteiger partial charge >= 0.3 is 0 Å². The number of nitrogens with one attached hydrogen (secondary N) is 1. The third-order valence-electron chi connectivity index (χ3n) is 6.33. The fraction of sp³-hybridized carbons (Fsp3) is 0.269. The van der Waals surface area contributed by atoms with Gasteiger partial charge in [0, 0.05) is 28.9 Å². The van der Waals surface area contributed by atoms with Gasteiger partial charge < -0.3 is 25.0 Å². The van der Waals surface area contributed by atoms with Crippen LogP contribution in [0.25, 0.3) is 0 Å². The Kier molecular flexibility index (Phi) is 6.11. The van der Waals surface area contributed by atoms with E-state index in [9.17, 15) is 24.6 Å². The normalized spacial score (nSPS) is 20.0. The number of hydrogen-bond donors (Lipinski definition) is 3. The lowest BCUT2D eigenvalue weighted by molar-refractivity contribution is -0.123. The topological polar surface area (TPSA) is 122 Å². The van der Waals surface area contributed by atoms with Gasteiger partial charge in [-0.3, -0.25) is 14.4 Å². The number of ketones is 3. The van der Waals surface area contributed by atoms with Crippen LogP contribution in [-0.4, -0.2) is 40.7 Å². The van der Waals surface area contributed by atoms with Crippen LogP contribution < -0.4 is 14.8 Å². The lowest BCUT2D eigenvalue weighted by Crippen LogP contribution is -2.41.